The minimum absolute atomic E-state index is 0.275. The van der Waals surface area contributed by atoms with Crippen LogP contribution in [-0.4, -0.2) is 22.7 Å². The third kappa shape index (κ3) is 2.43. The number of halogens is 1. The molecule has 0 bridgehead atoms. The van der Waals surface area contributed by atoms with Gasteiger partial charge in [-0.25, -0.2) is 4.98 Å². The molecule has 0 aliphatic heterocycles. The SMILES string of the molecule is CC(O)CNc1c(N)c(Cl)nc2ccccc12. The second kappa shape index (κ2) is 4.77. The largest absolute Gasteiger partial charge is 0.395 e. The average Bonchev–Trinajstić information content (AvgIpc) is 2.29. The Bertz CT molecular complexity index is 543. The molecule has 1 aromatic carbocycles. The summed E-state index contributed by atoms with van der Waals surface area (Å²) < 4.78 is 0. The number of aliphatic hydroxyl groups excluding tert-OH is 1. The van der Waals surface area contributed by atoms with Crippen molar-refractivity contribution in [3.63, 3.8) is 0 Å². The highest BCUT2D eigenvalue weighted by molar-refractivity contribution is 6.33. The molecule has 4 nitrogen and oxygen atoms in total. The van der Waals surface area contributed by atoms with E-state index in [0.29, 0.717) is 12.2 Å². The molecule has 1 heterocycles. The third-order valence-electron chi connectivity index (χ3n) is 2.46. The number of benzene rings is 1. The van der Waals surface area contributed by atoms with E-state index in [1.54, 1.807) is 6.92 Å². The Morgan fingerprint density at radius 1 is 1.47 bits per heavy atom. The number of rotatable bonds is 3. The summed E-state index contributed by atoms with van der Waals surface area (Å²) in [5.41, 5.74) is 7.81. The van der Waals surface area contributed by atoms with Gasteiger partial charge in [-0.1, -0.05) is 29.8 Å². The molecule has 17 heavy (non-hydrogen) atoms. The number of pyridine rings is 1. The quantitative estimate of drug-likeness (QED) is 0.732. The van der Waals surface area contributed by atoms with Crippen molar-refractivity contribution in [1.29, 1.82) is 0 Å². The predicted molar refractivity (Wildman–Crippen MR) is 71.3 cm³/mol. The van der Waals surface area contributed by atoms with Crippen LogP contribution in [0.4, 0.5) is 11.4 Å². The normalized spacial score (nSPS) is 12.6. The molecule has 0 aliphatic carbocycles. The molecule has 0 aliphatic rings. The van der Waals surface area contributed by atoms with Gasteiger partial charge in [-0.15, -0.1) is 0 Å². The summed E-state index contributed by atoms with van der Waals surface area (Å²) in [5, 5.41) is 13.6. The molecule has 90 valence electrons. The molecule has 0 fully saturated rings. The number of anilines is 2. The maximum atomic E-state index is 9.29. The lowest BCUT2D eigenvalue weighted by molar-refractivity contribution is 0.208. The van der Waals surface area contributed by atoms with Gasteiger partial charge in [0.15, 0.2) is 5.15 Å². The first-order valence-corrected chi connectivity index (χ1v) is 5.73. The number of hydrogen-bond acceptors (Lipinski definition) is 4. The highest BCUT2D eigenvalue weighted by Gasteiger charge is 2.11. The van der Waals surface area contributed by atoms with Gasteiger partial charge in [0.05, 0.1) is 23.0 Å². The van der Waals surface area contributed by atoms with Gasteiger partial charge in [0, 0.05) is 11.9 Å². The Morgan fingerprint density at radius 2 is 2.18 bits per heavy atom. The second-order valence-electron chi connectivity index (χ2n) is 3.94. The van der Waals surface area contributed by atoms with E-state index in [1.807, 2.05) is 24.3 Å². The molecular weight excluding hydrogens is 238 g/mol. The highest BCUT2D eigenvalue weighted by Crippen LogP contribution is 2.33. The van der Waals surface area contributed by atoms with E-state index in [9.17, 15) is 5.11 Å². The van der Waals surface area contributed by atoms with Crippen molar-refractivity contribution >= 4 is 33.9 Å². The minimum atomic E-state index is -0.458. The maximum absolute atomic E-state index is 9.29. The number of hydrogen-bond donors (Lipinski definition) is 3. The lowest BCUT2D eigenvalue weighted by atomic mass is 10.1. The Labute approximate surface area is 104 Å². The molecule has 1 aromatic heterocycles. The predicted octanol–water partition coefficient (Wildman–Crippen LogP) is 2.26. The fourth-order valence-electron chi connectivity index (χ4n) is 1.64. The van der Waals surface area contributed by atoms with E-state index in [1.165, 1.54) is 0 Å². The topological polar surface area (TPSA) is 71.2 Å². The van der Waals surface area contributed by atoms with Crippen LogP contribution in [0.3, 0.4) is 0 Å². The zero-order valence-corrected chi connectivity index (χ0v) is 10.2. The van der Waals surface area contributed by atoms with Crippen molar-refractivity contribution in [3.05, 3.63) is 29.4 Å². The fraction of sp³-hybridized carbons (Fsp3) is 0.250. The van der Waals surface area contributed by atoms with Crippen LogP contribution in [0.5, 0.6) is 0 Å². The lowest BCUT2D eigenvalue weighted by Gasteiger charge is -2.14. The van der Waals surface area contributed by atoms with E-state index in [-0.39, 0.29) is 5.15 Å². The maximum Gasteiger partial charge on any atom is 0.154 e. The number of fused-ring (bicyclic) bond motifs is 1. The molecule has 1 unspecified atom stereocenters. The van der Waals surface area contributed by atoms with Gasteiger partial charge in [-0.3, -0.25) is 0 Å². The first-order valence-electron chi connectivity index (χ1n) is 5.35. The molecule has 0 saturated carbocycles. The molecule has 2 rings (SSSR count). The number of nitrogens with two attached hydrogens (primary N) is 1. The van der Waals surface area contributed by atoms with Crippen LogP contribution in [0.1, 0.15) is 6.92 Å². The summed E-state index contributed by atoms with van der Waals surface area (Å²) in [6.45, 7) is 2.11. The zero-order valence-electron chi connectivity index (χ0n) is 9.44. The number of aromatic nitrogens is 1. The Hall–Kier alpha value is -1.52. The third-order valence-corrected chi connectivity index (χ3v) is 2.75. The average molecular weight is 252 g/mol. The molecule has 0 saturated heterocycles. The molecule has 4 N–H and O–H groups in total. The van der Waals surface area contributed by atoms with Crippen molar-refractivity contribution in [2.75, 3.05) is 17.6 Å². The summed E-state index contributed by atoms with van der Waals surface area (Å²) in [7, 11) is 0. The number of nitrogens with zero attached hydrogens (tertiary/aromatic N) is 1. The van der Waals surface area contributed by atoms with Crippen LogP contribution >= 0.6 is 11.6 Å². The van der Waals surface area contributed by atoms with Crippen LogP contribution in [0.15, 0.2) is 24.3 Å². The zero-order chi connectivity index (χ0) is 12.4. The van der Waals surface area contributed by atoms with Crippen LogP contribution in [0.2, 0.25) is 5.15 Å². The van der Waals surface area contributed by atoms with E-state index in [0.717, 1.165) is 16.6 Å². The van der Waals surface area contributed by atoms with Gasteiger partial charge in [0.25, 0.3) is 0 Å². The fourth-order valence-corrected chi connectivity index (χ4v) is 1.82. The van der Waals surface area contributed by atoms with Gasteiger partial charge in [0.2, 0.25) is 0 Å². The van der Waals surface area contributed by atoms with Crippen LogP contribution in [0, 0.1) is 0 Å². The van der Waals surface area contributed by atoms with Crippen molar-refractivity contribution in [3.8, 4) is 0 Å². The van der Waals surface area contributed by atoms with Crippen LogP contribution < -0.4 is 11.1 Å². The van der Waals surface area contributed by atoms with Gasteiger partial charge in [-0.05, 0) is 13.0 Å². The van der Waals surface area contributed by atoms with Crippen molar-refractivity contribution < 1.29 is 5.11 Å². The first kappa shape index (κ1) is 12.0. The Balaban J connectivity index is 2.53. The summed E-state index contributed by atoms with van der Waals surface area (Å²) in [6, 6.07) is 7.58. The van der Waals surface area contributed by atoms with E-state index in [2.05, 4.69) is 10.3 Å². The van der Waals surface area contributed by atoms with Crippen molar-refractivity contribution in [1.82, 2.24) is 4.98 Å². The number of nitrogens with one attached hydrogen (secondary N) is 1. The van der Waals surface area contributed by atoms with Gasteiger partial charge < -0.3 is 16.2 Å². The summed E-state index contributed by atoms with van der Waals surface area (Å²) >= 11 is 5.97. The van der Waals surface area contributed by atoms with Crippen LogP contribution in [0.25, 0.3) is 10.9 Å². The van der Waals surface area contributed by atoms with Crippen molar-refractivity contribution in [2.45, 2.75) is 13.0 Å². The first-order chi connectivity index (χ1) is 8.09. The molecule has 0 radical (unpaired) electrons. The summed E-state index contributed by atoms with van der Waals surface area (Å²) in [6.07, 6.45) is -0.458. The molecule has 0 spiro atoms. The van der Waals surface area contributed by atoms with E-state index >= 15 is 0 Å². The standard InChI is InChI=1S/C12H14ClN3O/c1-7(17)6-15-11-8-4-2-3-5-9(8)16-12(13)10(11)14/h2-5,7,17H,6,14H2,1H3,(H,15,16). The Morgan fingerprint density at radius 3 is 2.88 bits per heavy atom. The lowest BCUT2D eigenvalue weighted by Crippen LogP contribution is -2.16. The highest BCUT2D eigenvalue weighted by atomic mass is 35.5. The smallest absolute Gasteiger partial charge is 0.154 e. The van der Waals surface area contributed by atoms with E-state index < -0.39 is 6.10 Å². The molecule has 5 heteroatoms. The molecule has 0 amide bonds. The molecule has 1 atom stereocenters. The molecule has 2 aromatic rings. The van der Waals surface area contributed by atoms with Gasteiger partial charge in [0.1, 0.15) is 0 Å². The summed E-state index contributed by atoms with van der Waals surface area (Å²) in [5.74, 6) is 0. The van der Waals surface area contributed by atoms with Crippen LogP contribution in [-0.2, 0) is 0 Å². The number of nitrogen functional groups attached to an aromatic ring is 1. The number of para-hydroxylation sites is 1. The van der Waals surface area contributed by atoms with Gasteiger partial charge in [-0.2, -0.15) is 0 Å². The second-order valence-corrected chi connectivity index (χ2v) is 4.30. The summed E-state index contributed by atoms with van der Waals surface area (Å²) in [4.78, 5) is 4.20. The minimum Gasteiger partial charge on any atom is -0.395 e. The molecular formula is C12H14ClN3O. The van der Waals surface area contributed by atoms with Crippen molar-refractivity contribution in [2.24, 2.45) is 0 Å². The monoisotopic (exact) mass is 251 g/mol. The Kier molecular flexibility index (Phi) is 3.36. The number of aliphatic hydroxyl groups is 1. The van der Waals surface area contributed by atoms with E-state index in [4.69, 9.17) is 17.3 Å². The van der Waals surface area contributed by atoms with Gasteiger partial charge >= 0.3 is 0 Å².